The Morgan fingerprint density at radius 2 is 1.86 bits per heavy atom. The van der Waals surface area contributed by atoms with E-state index in [1.54, 1.807) is 0 Å². The van der Waals surface area contributed by atoms with Crippen molar-refractivity contribution in [2.24, 2.45) is 0 Å². The Labute approximate surface area is 86.1 Å². The standard InChI is InChI=1S/C11H17NO2.H2/c1-7(2)12-11(14)10-6-4-5-9(10)8(3)13;/h7H,4-6H2,1-3H3,(H,12,14);1H. The lowest BCUT2D eigenvalue weighted by molar-refractivity contribution is -0.119. The van der Waals surface area contributed by atoms with Crippen LogP contribution in [0, 0.1) is 0 Å². The van der Waals surface area contributed by atoms with Gasteiger partial charge in [0.25, 0.3) is 0 Å². The number of carbonyl (C=O) groups is 2. The van der Waals surface area contributed by atoms with E-state index in [1.807, 2.05) is 13.8 Å². The molecular weight excluding hydrogens is 178 g/mol. The summed E-state index contributed by atoms with van der Waals surface area (Å²) in [7, 11) is 0. The third-order valence-corrected chi connectivity index (χ3v) is 2.34. The van der Waals surface area contributed by atoms with Crippen molar-refractivity contribution in [2.75, 3.05) is 0 Å². The van der Waals surface area contributed by atoms with E-state index in [-0.39, 0.29) is 19.2 Å². The molecule has 1 N–H and O–H groups in total. The van der Waals surface area contributed by atoms with Gasteiger partial charge in [0.1, 0.15) is 0 Å². The Kier molecular flexibility index (Phi) is 3.44. The maximum Gasteiger partial charge on any atom is 0.247 e. The van der Waals surface area contributed by atoms with Crippen LogP contribution in [0.1, 0.15) is 41.5 Å². The van der Waals surface area contributed by atoms with Gasteiger partial charge in [-0.1, -0.05) is 0 Å². The molecule has 1 aliphatic carbocycles. The third kappa shape index (κ3) is 2.44. The van der Waals surface area contributed by atoms with Crippen molar-refractivity contribution < 1.29 is 11.0 Å². The Hall–Kier alpha value is -1.12. The molecule has 0 aromatic rings. The topological polar surface area (TPSA) is 46.2 Å². The summed E-state index contributed by atoms with van der Waals surface area (Å²) >= 11 is 0. The quantitative estimate of drug-likeness (QED) is 0.750. The van der Waals surface area contributed by atoms with Crippen LogP contribution in [0.5, 0.6) is 0 Å². The van der Waals surface area contributed by atoms with Crippen LogP contribution in [0.3, 0.4) is 0 Å². The zero-order chi connectivity index (χ0) is 10.7. The molecule has 0 atom stereocenters. The smallest absolute Gasteiger partial charge is 0.247 e. The normalized spacial score (nSPS) is 16.3. The molecule has 0 radical (unpaired) electrons. The zero-order valence-corrected chi connectivity index (χ0v) is 9.02. The highest BCUT2D eigenvalue weighted by atomic mass is 16.2. The molecular formula is C11H19NO2. The van der Waals surface area contributed by atoms with Crippen LogP contribution in [-0.2, 0) is 9.59 Å². The van der Waals surface area contributed by atoms with E-state index in [1.165, 1.54) is 6.92 Å². The highest BCUT2D eigenvalue weighted by Gasteiger charge is 2.23. The fourth-order valence-corrected chi connectivity index (χ4v) is 1.73. The number of hydrogen-bond donors (Lipinski definition) is 1. The number of nitrogens with one attached hydrogen (secondary N) is 1. The minimum Gasteiger partial charge on any atom is -0.350 e. The Bertz CT molecular complexity index is 295. The molecule has 0 heterocycles. The van der Waals surface area contributed by atoms with Crippen molar-refractivity contribution in [1.29, 1.82) is 0 Å². The molecule has 1 rings (SSSR count). The van der Waals surface area contributed by atoms with Crippen molar-refractivity contribution in [3.05, 3.63) is 11.1 Å². The Morgan fingerprint density at radius 1 is 1.29 bits per heavy atom. The highest BCUT2D eigenvalue weighted by Crippen LogP contribution is 2.26. The van der Waals surface area contributed by atoms with Crippen molar-refractivity contribution in [1.82, 2.24) is 5.32 Å². The summed E-state index contributed by atoms with van der Waals surface area (Å²) in [4.78, 5) is 22.9. The summed E-state index contributed by atoms with van der Waals surface area (Å²) in [5.41, 5.74) is 1.43. The SMILES string of the molecule is CC(=O)C1=C(C(=O)NC(C)C)CCC1.[HH]. The zero-order valence-electron chi connectivity index (χ0n) is 9.02. The predicted molar refractivity (Wildman–Crippen MR) is 57.0 cm³/mol. The van der Waals surface area contributed by atoms with Crippen molar-refractivity contribution in [3.63, 3.8) is 0 Å². The van der Waals surface area contributed by atoms with Crippen molar-refractivity contribution in [3.8, 4) is 0 Å². The molecule has 0 unspecified atom stereocenters. The van der Waals surface area contributed by atoms with Gasteiger partial charge in [-0.3, -0.25) is 9.59 Å². The molecule has 1 amide bonds. The van der Waals surface area contributed by atoms with E-state index >= 15 is 0 Å². The van der Waals surface area contributed by atoms with Gasteiger partial charge in [0, 0.05) is 18.6 Å². The van der Waals surface area contributed by atoms with Gasteiger partial charge in [-0.25, -0.2) is 0 Å². The summed E-state index contributed by atoms with van der Waals surface area (Å²) in [6.45, 7) is 5.37. The van der Waals surface area contributed by atoms with E-state index in [0.717, 1.165) is 24.8 Å². The Morgan fingerprint density at radius 3 is 2.36 bits per heavy atom. The summed E-state index contributed by atoms with van der Waals surface area (Å²) in [5.74, 6) is -0.0286. The second-order valence-electron chi connectivity index (χ2n) is 4.00. The molecule has 14 heavy (non-hydrogen) atoms. The highest BCUT2D eigenvalue weighted by molar-refractivity contribution is 6.05. The lowest BCUT2D eigenvalue weighted by Gasteiger charge is -2.09. The first-order valence-electron chi connectivity index (χ1n) is 5.06. The van der Waals surface area contributed by atoms with E-state index in [2.05, 4.69) is 5.32 Å². The maximum atomic E-state index is 11.6. The minimum absolute atomic E-state index is 0. The van der Waals surface area contributed by atoms with E-state index in [4.69, 9.17) is 0 Å². The average Bonchev–Trinajstić information content (AvgIpc) is 2.49. The van der Waals surface area contributed by atoms with E-state index in [0.29, 0.717) is 5.57 Å². The molecule has 0 aromatic heterocycles. The lowest BCUT2D eigenvalue weighted by atomic mass is 10.1. The number of carbonyl (C=O) groups excluding carboxylic acids is 2. The van der Waals surface area contributed by atoms with Crippen LogP contribution in [0.2, 0.25) is 0 Å². The fraction of sp³-hybridized carbons (Fsp3) is 0.636. The molecule has 0 fully saturated rings. The summed E-state index contributed by atoms with van der Waals surface area (Å²) in [5, 5.41) is 2.82. The molecule has 0 bridgehead atoms. The van der Waals surface area contributed by atoms with Gasteiger partial charge in [0.15, 0.2) is 5.78 Å². The third-order valence-electron chi connectivity index (χ3n) is 2.34. The number of ketones is 1. The summed E-state index contributed by atoms with van der Waals surface area (Å²) < 4.78 is 0. The minimum atomic E-state index is -0.0669. The first-order chi connectivity index (χ1) is 6.52. The average molecular weight is 197 g/mol. The van der Waals surface area contributed by atoms with Gasteiger partial charge in [-0.05, 0) is 40.0 Å². The van der Waals surface area contributed by atoms with Gasteiger partial charge in [0.2, 0.25) is 5.91 Å². The Balaban J connectivity index is 0.00000196. The van der Waals surface area contributed by atoms with Gasteiger partial charge < -0.3 is 5.32 Å². The van der Waals surface area contributed by atoms with Gasteiger partial charge in [-0.15, -0.1) is 0 Å². The molecule has 3 heteroatoms. The largest absolute Gasteiger partial charge is 0.350 e. The van der Waals surface area contributed by atoms with Gasteiger partial charge in [0.05, 0.1) is 0 Å². The number of allylic oxidation sites excluding steroid dienone is 1. The molecule has 80 valence electrons. The first kappa shape index (κ1) is 11.0. The maximum absolute atomic E-state index is 11.6. The monoisotopic (exact) mass is 197 g/mol. The van der Waals surface area contributed by atoms with E-state index < -0.39 is 0 Å². The molecule has 0 aliphatic heterocycles. The summed E-state index contributed by atoms with van der Waals surface area (Å²) in [6, 6.07) is 0.129. The predicted octanol–water partition coefficient (Wildman–Crippen LogP) is 1.83. The number of amides is 1. The van der Waals surface area contributed by atoms with E-state index in [9.17, 15) is 9.59 Å². The molecule has 3 nitrogen and oxygen atoms in total. The van der Waals surface area contributed by atoms with Crippen molar-refractivity contribution >= 4 is 11.7 Å². The number of rotatable bonds is 3. The van der Waals surface area contributed by atoms with Crippen LogP contribution < -0.4 is 5.32 Å². The lowest BCUT2D eigenvalue weighted by Crippen LogP contribution is -2.31. The molecule has 0 aromatic carbocycles. The molecule has 0 saturated carbocycles. The van der Waals surface area contributed by atoms with Crippen LogP contribution in [0.25, 0.3) is 0 Å². The van der Waals surface area contributed by atoms with Crippen LogP contribution in [-0.4, -0.2) is 17.7 Å². The fourth-order valence-electron chi connectivity index (χ4n) is 1.73. The second-order valence-corrected chi connectivity index (χ2v) is 4.00. The second kappa shape index (κ2) is 4.40. The number of hydrogen-bond acceptors (Lipinski definition) is 2. The van der Waals surface area contributed by atoms with Crippen LogP contribution in [0.15, 0.2) is 11.1 Å². The first-order valence-corrected chi connectivity index (χ1v) is 5.06. The van der Waals surface area contributed by atoms with Gasteiger partial charge >= 0.3 is 0 Å². The van der Waals surface area contributed by atoms with Crippen LogP contribution in [0.4, 0.5) is 0 Å². The van der Waals surface area contributed by atoms with Crippen molar-refractivity contribution in [2.45, 2.75) is 46.1 Å². The van der Waals surface area contributed by atoms with Gasteiger partial charge in [-0.2, -0.15) is 0 Å². The molecule has 1 aliphatic rings. The number of Topliss-reactive ketones (excluding diaryl/α,β-unsaturated/α-hetero) is 1. The summed E-state index contributed by atoms with van der Waals surface area (Å²) in [6.07, 6.45) is 2.43. The molecule has 0 saturated heterocycles. The van der Waals surface area contributed by atoms with Crippen LogP contribution >= 0.6 is 0 Å². The molecule has 0 spiro atoms.